The lowest BCUT2D eigenvalue weighted by atomic mass is 9.99. The lowest BCUT2D eigenvalue weighted by molar-refractivity contribution is -0.159. The van der Waals surface area contributed by atoms with Gasteiger partial charge < -0.3 is 9.47 Å². The van der Waals surface area contributed by atoms with Crippen LogP contribution < -0.4 is 0 Å². The highest BCUT2D eigenvalue weighted by Crippen LogP contribution is 2.14. The third kappa shape index (κ3) is 5.12. The number of carbonyl (C=O) groups excluding carboxylic acids is 2. The maximum Gasteiger partial charge on any atom is 0.320 e. The molecule has 0 spiro atoms. The summed E-state index contributed by atoms with van der Waals surface area (Å²) in [6.45, 7) is 0. The van der Waals surface area contributed by atoms with Crippen molar-refractivity contribution < 1.29 is 19.1 Å². The fourth-order valence-corrected chi connectivity index (χ4v) is 1.94. The molecule has 0 fully saturated rings. The fourth-order valence-electron chi connectivity index (χ4n) is 1.94. The van der Waals surface area contributed by atoms with Crippen molar-refractivity contribution in [1.29, 1.82) is 0 Å². The molecule has 0 radical (unpaired) electrons. The van der Waals surface area contributed by atoms with Gasteiger partial charge in [0.1, 0.15) is 0 Å². The summed E-state index contributed by atoms with van der Waals surface area (Å²) < 4.78 is 9.22. The van der Waals surface area contributed by atoms with E-state index in [-0.39, 0.29) is 0 Å². The van der Waals surface area contributed by atoms with Crippen molar-refractivity contribution in [2.75, 3.05) is 14.2 Å². The molecule has 0 bridgehead atoms. The molecule has 0 heterocycles. The van der Waals surface area contributed by atoms with E-state index in [0.29, 0.717) is 6.42 Å². The van der Waals surface area contributed by atoms with Crippen molar-refractivity contribution in [3.63, 3.8) is 0 Å². The average Bonchev–Trinajstić information content (AvgIpc) is 2.47. The monoisotopic (exact) mass is 264 g/mol. The number of hydrogen-bond acceptors (Lipinski definition) is 4. The van der Waals surface area contributed by atoms with Crippen LogP contribution in [0.1, 0.15) is 24.8 Å². The maximum atomic E-state index is 11.5. The quantitative estimate of drug-likeness (QED) is 0.431. The van der Waals surface area contributed by atoms with E-state index in [4.69, 9.17) is 0 Å². The van der Waals surface area contributed by atoms with E-state index in [1.165, 1.54) is 19.8 Å². The number of benzene rings is 1. The molecule has 4 heteroatoms. The lowest BCUT2D eigenvalue weighted by Gasteiger charge is -2.11. The minimum atomic E-state index is -0.800. The minimum absolute atomic E-state index is 0.464. The number of methoxy groups -OCH3 is 2. The summed E-state index contributed by atoms with van der Waals surface area (Å²) in [7, 11) is 2.56. The maximum absolute atomic E-state index is 11.5. The van der Waals surface area contributed by atoms with Crippen molar-refractivity contribution >= 4 is 11.9 Å². The fraction of sp³-hybridized carbons (Fsp3) is 0.467. The Morgan fingerprint density at radius 1 is 1.00 bits per heavy atom. The van der Waals surface area contributed by atoms with Gasteiger partial charge in [0, 0.05) is 0 Å². The van der Waals surface area contributed by atoms with Crippen LogP contribution in [-0.2, 0) is 25.5 Å². The molecule has 1 aromatic carbocycles. The summed E-state index contributed by atoms with van der Waals surface area (Å²) >= 11 is 0. The van der Waals surface area contributed by atoms with Gasteiger partial charge in [-0.25, -0.2) is 0 Å². The van der Waals surface area contributed by atoms with Gasteiger partial charge in [-0.1, -0.05) is 36.8 Å². The van der Waals surface area contributed by atoms with Crippen LogP contribution in [0.15, 0.2) is 30.3 Å². The first kappa shape index (κ1) is 15.2. The van der Waals surface area contributed by atoms with Crippen molar-refractivity contribution in [2.24, 2.45) is 5.92 Å². The van der Waals surface area contributed by atoms with Gasteiger partial charge in [-0.15, -0.1) is 0 Å². The van der Waals surface area contributed by atoms with Crippen molar-refractivity contribution in [3.8, 4) is 0 Å². The topological polar surface area (TPSA) is 52.6 Å². The highest BCUT2D eigenvalue weighted by atomic mass is 16.5. The SMILES string of the molecule is COC(=O)C(CCCCc1ccccc1)C(=O)OC. The molecule has 4 nitrogen and oxygen atoms in total. The second kappa shape index (κ2) is 8.29. The van der Waals surface area contributed by atoms with Crippen LogP contribution in [-0.4, -0.2) is 26.2 Å². The van der Waals surface area contributed by atoms with Crippen LogP contribution in [0.2, 0.25) is 0 Å². The molecular weight excluding hydrogens is 244 g/mol. The predicted octanol–water partition coefficient (Wildman–Crippen LogP) is 2.36. The first-order valence-electron chi connectivity index (χ1n) is 6.38. The molecule has 0 aliphatic heterocycles. The summed E-state index contributed by atoms with van der Waals surface area (Å²) in [5.41, 5.74) is 1.26. The Balaban J connectivity index is 2.36. The molecule has 1 rings (SSSR count). The van der Waals surface area contributed by atoms with Crippen molar-refractivity contribution in [2.45, 2.75) is 25.7 Å². The number of hydrogen-bond donors (Lipinski definition) is 0. The molecule has 0 saturated heterocycles. The van der Waals surface area contributed by atoms with Gasteiger partial charge in [-0.05, 0) is 24.8 Å². The molecule has 0 aliphatic carbocycles. The summed E-state index contributed by atoms with van der Waals surface area (Å²) in [4.78, 5) is 22.9. The second-order valence-electron chi connectivity index (χ2n) is 4.33. The molecule has 0 amide bonds. The van der Waals surface area contributed by atoms with E-state index in [0.717, 1.165) is 19.3 Å². The Bertz CT molecular complexity index is 384. The number of aryl methyl sites for hydroxylation is 1. The minimum Gasteiger partial charge on any atom is -0.468 e. The largest absolute Gasteiger partial charge is 0.468 e. The van der Waals surface area contributed by atoms with E-state index in [1.807, 2.05) is 18.2 Å². The lowest BCUT2D eigenvalue weighted by Crippen LogP contribution is -2.26. The zero-order chi connectivity index (χ0) is 14.1. The molecule has 0 saturated carbocycles. The first-order chi connectivity index (χ1) is 9.19. The normalized spacial score (nSPS) is 10.3. The Labute approximate surface area is 113 Å². The molecule has 0 N–H and O–H groups in total. The Kier molecular flexibility index (Phi) is 6.64. The molecule has 0 aromatic heterocycles. The average molecular weight is 264 g/mol. The van der Waals surface area contributed by atoms with Gasteiger partial charge in [0.25, 0.3) is 0 Å². The highest BCUT2D eigenvalue weighted by molar-refractivity contribution is 5.94. The van der Waals surface area contributed by atoms with Crippen LogP contribution in [0.4, 0.5) is 0 Å². The van der Waals surface area contributed by atoms with E-state index in [9.17, 15) is 9.59 Å². The molecule has 1 aromatic rings. The first-order valence-corrected chi connectivity index (χ1v) is 6.38. The van der Waals surface area contributed by atoms with Gasteiger partial charge >= 0.3 is 11.9 Å². The second-order valence-corrected chi connectivity index (χ2v) is 4.33. The van der Waals surface area contributed by atoms with Gasteiger partial charge in [0.2, 0.25) is 0 Å². The van der Waals surface area contributed by atoms with Crippen LogP contribution in [0, 0.1) is 5.92 Å². The summed E-state index contributed by atoms with van der Waals surface area (Å²) in [6, 6.07) is 10.1. The summed E-state index contributed by atoms with van der Waals surface area (Å²) in [6.07, 6.45) is 3.11. The van der Waals surface area contributed by atoms with Crippen molar-refractivity contribution in [1.82, 2.24) is 0 Å². The number of carbonyl (C=O) groups is 2. The van der Waals surface area contributed by atoms with Gasteiger partial charge in [-0.2, -0.15) is 0 Å². The number of ether oxygens (including phenoxy) is 2. The van der Waals surface area contributed by atoms with E-state index in [2.05, 4.69) is 21.6 Å². The zero-order valence-electron chi connectivity index (χ0n) is 11.4. The van der Waals surface area contributed by atoms with E-state index in [1.54, 1.807) is 0 Å². The predicted molar refractivity (Wildman–Crippen MR) is 71.5 cm³/mol. The van der Waals surface area contributed by atoms with Crippen LogP contribution in [0.25, 0.3) is 0 Å². The molecule has 19 heavy (non-hydrogen) atoms. The summed E-state index contributed by atoms with van der Waals surface area (Å²) in [5, 5.41) is 0. The molecule has 0 atom stereocenters. The Morgan fingerprint density at radius 2 is 1.58 bits per heavy atom. The van der Waals surface area contributed by atoms with Crippen LogP contribution in [0.3, 0.4) is 0 Å². The highest BCUT2D eigenvalue weighted by Gasteiger charge is 2.27. The Morgan fingerprint density at radius 3 is 2.11 bits per heavy atom. The molecule has 0 unspecified atom stereocenters. The number of unbranched alkanes of at least 4 members (excludes halogenated alkanes) is 1. The van der Waals surface area contributed by atoms with E-state index >= 15 is 0 Å². The van der Waals surface area contributed by atoms with Crippen LogP contribution in [0.5, 0.6) is 0 Å². The Hall–Kier alpha value is -1.84. The zero-order valence-corrected chi connectivity index (χ0v) is 11.4. The van der Waals surface area contributed by atoms with Crippen molar-refractivity contribution in [3.05, 3.63) is 35.9 Å². The third-order valence-corrected chi connectivity index (χ3v) is 3.02. The molecule has 104 valence electrons. The van der Waals surface area contributed by atoms with Gasteiger partial charge in [0.15, 0.2) is 5.92 Å². The number of esters is 2. The van der Waals surface area contributed by atoms with Crippen LogP contribution >= 0.6 is 0 Å². The number of rotatable bonds is 7. The molecule has 0 aliphatic rings. The molecular formula is C15H20O4. The summed E-state index contributed by atoms with van der Waals surface area (Å²) in [5.74, 6) is -1.84. The van der Waals surface area contributed by atoms with Gasteiger partial charge in [-0.3, -0.25) is 9.59 Å². The smallest absolute Gasteiger partial charge is 0.320 e. The third-order valence-electron chi connectivity index (χ3n) is 3.02. The standard InChI is InChI=1S/C15H20O4/c1-18-14(16)13(15(17)19-2)11-7-6-10-12-8-4-3-5-9-12/h3-5,8-9,13H,6-7,10-11H2,1-2H3. The van der Waals surface area contributed by atoms with E-state index < -0.39 is 17.9 Å². The van der Waals surface area contributed by atoms with Gasteiger partial charge in [0.05, 0.1) is 14.2 Å².